The average Bonchev–Trinajstić information content (AvgIpc) is 3.02. The molecule has 4 rings (SSSR count). The van der Waals surface area contributed by atoms with Crippen molar-refractivity contribution < 1.29 is 29.0 Å². The Bertz CT molecular complexity index is 1240. The molecule has 0 saturated heterocycles. The highest BCUT2D eigenvalue weighted by Crippen LogP contribution is 2.30. The monoisotopic (exact) mass is 435 g/mol. The van der Waals surface area contributed by atoms with Crippen LogP contribution in [0.15, 0.2) is 66.7 Å². The van der Waals surface area contributed by atoms with Gasteiger partial charge in [0.15, 0.2) is 12.4 Å². The van der Waals surface area contributed by atoms with Crippen LogP contribution in [-0.4, -0.2) is 35.3 Å². The molecule has 0 radical (unpaired) electrons. The minimum absolute atomic E-state index is 0.0292. The Morgan fingerprint density at radius 3 is 2.26 bits per heavy atom. The highest BCUT2D eigenvalue weighted by molar-refractivity contribution is 6.34. The molecule has 31 heavy (non-hydrogen) atoms. The quantitative estimate of drug-likeness (QED) is 0.370. The van der Waals surface area contributed by atoms with Gasteiger partial charge in [-0.2, -0.15) is 0 Å². The maximum Gasteiger partial charge on any atom is 0.338 e. The highest BCUT2D eigenvalue weighted by atomic mass is 35.5. The number of halogens is 1. The van der Waals surface area contributed by atoms with Crippen molar-refractivity contribution >= 4 is 40.9 Å². The second kappa shape index (κ2) is 8.04. The first-order valence-electron chi connectivity index (χ1n) is 9.13. The van der Waals surface area contributed by atoms with Gasteiger partial charge in [0.05, 0.1) is 22.4 Å². The molecule has 0 atom stereocenters. The van der Waals surface area contributed by atoms with E-state index in [0.717, 1.165) is 4.90 Å². The number of nitrogens with zero attached hydrogens (tertiary/aromatic N) is 1. The number of rotatable bonds is 5. The van der Waals surface area contributed by atoms with E-state index in [1.54, 1.807) is 12.1 Å². The third kappa shape index (κ3) is 3.91. The number of carbonyl (C=O) groups is 4. The fourth-order valence-corrected chi connectivity index (χ4v) is 3.29. The summed E-state index contributed by atoms with van der Waals surface area (Å²) in [6, 6.07) is 15.8. The number of aromatic hydroxyl groups is 1. The zero-order chi connectivity index (χ0) is 22.1. The SMILES string of the molecule is O=C(COC(=O)c1ccc2c(c1)C(=O)N(c1cccc(O)c1)C2=O)c1ccc(Cl)cc1. The Morgan fingerprint density at radius 1 is 0.871 bits per heavy atom. The first-order chi connectivity index (χ1) is 14.8. The number of fused-ring (bicyclic) bond motifs is 1. The summed E-state index contributed by atoms with van der Waals surface area (Å²) in [4.78, 5) is 50.9. The molecule has 1 aliphatic rings. The van der Waals surface area contributed by atoms with Gasteiger partial charge in [-0.3, -0.25) is 14.4 Å². The minimum Gasteiger partial charge on any atom is -0.508 e. The molecule has 0 fully saturated rings. The molecule has 0 unspecified atom stereocenters. The normalized spacial score (nSPS) is 12.6. The summed E-state index contributed by atoms with van der Waals surface area (Å²) in [5, 5.41) is 10.1. The van der Waals surface area contributed by atoms with Gasteiger partial charge in [-0.1, -0.05) is 17.7 Å². The van der Waals surface area contributed by atoms with E-state index in [-0.39, 0.29) is 28.1 Å². The first-order valence-corrected chi connectivity index (χ1v) is 9.50. The van der Waals surface area contributed by atoms with E-state index in [4.69, 9.17) is 16.3 Å². The molecule has 0 spiro atoms. The van der Waals surface area contributed by atoms with Gasteiger partial charge in [-0.05, 0) is 54.6 Å². The largest absolute Gasteiger partial charge is 0.508 e. The number of ketones is 1. The number of ether oxygens (including phenoxy) is 1. The van der Waals surface area contributed by atoms with E-state index in [2.05, 4.69) is 0 Å². The van der Waals surface area contributed by atoms with Crippen molar-refractivity contribution in [1.82, 2.24) is 0 Å². The van der Waals surface area contributed by atoms with Gasteiger partial charge in [0.1, 0.15) is 5.75 Å². The Kier molecular flexibility index (Phi) is 5.27. The molecular formula is C23H14ClNO6. The molecule has 3 aromatic rings. The molecule has 154 valence electrons. The lowest BCUT2D eigenvalue weighted by atomic mass is 10.1. The fourth-order valence-electron chi connectivity index (χ4n) is 3.17. The van der Waals surface area contributed by atoms with Crippen LogP contribution in [-0.2, 0) is 4.74 Å². The van der Waals surface area contributed by atoms with Gasteiger partial charge in [0.2, 0.25) is 0 Å². The van der Waals surface area contributed by atoms with E-state index in [1.807, 2.05) is 0 Å². The van der Waals surface area contributed by atoms with Crippen LogP contribution < -0.4 is 4.90 Å². The Morgan fingerprint density at radius 2 is 1.55 bits per heavy atom. The standard InChI is InChI=1S/C23H14ClNO6/c24-15-7-4-13(5-8-15)20(27)12-31-23(30)14-6-9-18-19(10-14)22(29)25(21(18)28)16-2-1-3-17(26)11-16/h1-11,26H,12H2. The summed E-state index contributed by atoms with van der Waals surface area (Å²) in [5.74, 6) is -2.50. The van der Waals surface area contributed by atoms with Crippen LogP contribution in [0.3, 0.4) is 0 Å². The van der Waals surface area contributed by atoms with Crippen LogP contribution in [0.4, 0.5) is 5.69 Å². The van der Waals surface area contributed by atoms with Crippen molar-refractivity contribution in [3.8, 4) is 5.75 Å². The van der Waals surface area contributed by atoms with Crippen molar-refractivity contribution in [2.24, 2.45) is 0 Å². The summed E-state index contributed by atoms with van der Waals surface area (Å²) in [6.07, 6.45) is 0. The lowest BCUT2D eigenvalue weighted by molar-refractivity contribution is 0.0474. The number of amides is 2. The van der Waals surface area contributed by atoms with Crippen LogP contribution in [0.2, 0.25) is 5.02 Å². The predicted molar refractivity (Wildman–Crippen MR) is 112 cm³/mol. The second-order valence-electron chi connectivity index (χ2n) is 6.73. The number of benzene rings is 3. The van der Waals surface area contributed by atoms with Crippen molar-refractivity contribution in [2.45, 2.75) is 0 Å². The van der Waals surface area contributed by atoms with Crippen LogP contribution in [0.1, 0.15) is 41.4 Å². The Hall–Kier alpha value is -3.97. The summed E-state index contributed by atoms with van der Waals surface area (Å²) >= 11 is 5.79. The Labute approximate surface area is 181 Å². The average molecular weight is 436 g/mol. The van der Waals surface area contributed by atoms with Gasteiger partial charge in [0, 0.05) is 16.7 Å². The number of hydrogen-bond acceptors (Lipinski definition) is 6. The summed E-state index contributed by atoms with van der Waals surface area (Å²) in [5.41, 5.74) is 0.744. The third-order valence-electron chi connectivity index (χ3n) is 4.71. The van der Waals surface area contributed by atoms with Crippen molar-refractivity contribution in [2.75, 3.05) is 11.5 Å². The Balaban J connectivity index is 1.51. The molecular weight excluding hydrogens is 422 g/mol. The first kappa shape index (κ1) is 20.3. The van der Waals surface area contributed by atoms with E-state index in [9.17, 15) is 24.3 Å². The molecule has 1 N–H and O–H groups in total. The van der Waals surface area contributed by atoms with Crippen LogP contribution in [0.25, 0.3) is 0 Å². The number of imide groups is 1. The minimum atomic E-state index is -0.804. The number of carbonyl (C=O) groups excluding carboxylic acids is 4. The highest BCUT2D eigenvalue weighted by Gasteiger charge is 2.37. The molecule has 7 nitrogen and oxygen atoms in total. The number of Topliss-reactive ketones (excluding diaryl/α,β-unsaturated/α-hetero) is 1. The predicted octanol–water partition coefficient (Wildman–Crippen LogP) is 3.89. The lowest BCUT2D eigenvalue weighted by Gasteiger charge is -2.13. The summed E-state index contributed by atoms with van der Waals surface area (Å²) in [6.45, 7) is -0.486. The third-order valence-corrected chi connectivity index (χ3v) is 4.96. The molecule has 0 aromatic heterocycles. The molecule has 0 bridgehead atoms. The number of esters is 1. The zero-order valence-corrected chi connectivity index (χ0v) is 16.6. The van der Waals surface area contributed by atoms with Gasteiger partial charge in [-0.25, -0.2) is 9.69 Å². The molecule has 1 aliphatic heterocycles. The molecule has 0 aliphatic carbocycles. The lowest BCUT2D eigenvalue weighted by Crippen LogP contribution is -2.29. The topological polar surface area (TPSA) is 101 Å². The number of phenols is 1. The maximum absolute atomic E-state index is 12.8. The van der Waals surface area contributed by atoms with E-state index in [0.29, 0.717) is 10.6 Å². The zero-order valence-electron chi connectivity index (χ0n) is 15.9. The van der Waals surface area contributed by atoms with Crippen molar-refractivity contribution in [1.29, 1.82) is 0 Å². The molecule has 1 heterocycles. The van der Waals surface area contributed by atoms with Gasteiger partial charge >= 0.3 is 5.97 Å². The fraction of sp³-hybridized carbons (Fsp3) is 0.0435. The van der Waals surface area contributed by atoms with E-state index >= 15 is 0 Å². The van der Waals surface area contributed by atoms with Gasteiger partial charge in [0.25, 0.3) is 11.8 Å². The van der Waals surface area contributed by atoms with Crippen molar-refractivity contribution in [3.63, 3.8) is 0 Å². The number of hydrogen-bond donors (Lipinski definition) is 1. The molecule has 3 aromatic carbocycles. The second-order valence-corrected chi connectivity index (χ2v) is 7.17. The molecule has 8 heteroatoms. The van der Waals surface area contributed by atoms with Crippen molar-refractivity contribution in [3.05, 3.63) is 94.0 Å². The van der Waals surface area contributed by atoms with Crippen LogP contribution >= 0.6 is 11.6 Å². The van der Waals surface area contributed by atoms with Gasteiger partial charge in [-0.15, -0.1) is 0 Å². The number of phenolic OH excluding ortho intramolecular Hbond substituents is 1. The molecule has 2 amide bonds. The number of anilines is 1. The van der Waals surface area contributed by atoms with Gasteiger partial charge < -0.3 is 9.84 Å². The summed E-state index contributed by atoms with van der Waals surface area (Å²) < 4.78 is 5.06. The van der Waals surface area contributed by atoms with Crippen LogP contribution in [0, 0.1) is 0 Å². The van der Waals surface area contributed by atoms with E-state index in [1.165, 1.54) is 54.6 Å². The smallest absolute Gasteiger partial charge is 0.338 e. The maximum atomic E-state index is 12.8. The summed E-state index contributed by atoms with van der Waals surface area (Å²) in [7, 11) is 0. The molecule has 0 saturated carbocycles. The van der Waals surface area contributed by atoms with E-state index < -0.39 is 30.2 Å². The van der Waals surface area contributed by atoms with Crippen LogP contribution in [0.5, 0.6) is 5.75 Å².